The van der Waals surface area contributed by atoms with Gasteiger partial charge in [0.05, 0.1) is 165 Å². The highest BCUT2D eigenvalue weighted by Gasteiger charge is 2.16. The van der Waals surface area contributed by atoms with Gasteiger partial charge >= 0.3 is 11.9 Å². The summed E-state index contributed by atoms with van der Waals surface area (Å²) in [6.45, 7) is 14.6. The Bertz CT molecular complexity index is 686. The number of unbranched alkanes of at least 4 members (excludes halogenated alkanes) is 1. The van der Waals surface area contributed by atoms with Crippen LogP contribution in [0.4, 0.5) is 0 Å². The summed E-state index contributed by atoms with van der Waals surface area (Å²) in [6.07, 6.45) is 4.06. The lowest BCUT2D eigenvalue weighted by Crippen LogP contribution is -2.20. The fraction of sp³-hybridized carbons (Fsp3) is 0.941. The number of hydrogen-bond donors (Lipinski definition) is 0. The molecule has 292 valence electrons. The minimum Gasteiger partial charge on any atom is -0.469 e. The molecule has 0 aliphatic heterocycles. The van der Waals surface area contributed by atoms with Gasteiger partial charge in [-0.3, -0.25) is 9.59 Å². The summed E-state index contributed by atoms with van der Waals surface area (Å²) in [5, 5.41) is 0. The molecule has 1 atom stereocenters. The van der Waals surface area contributed by atoms with Gasteiger partial charge in [0.15, 0.2) is 0 Å². The molecule has 0 radical (unpaired) electrons. The molecule has 0 spiro atoms. The first-order valence-corrected chi connectivity index (χ1v) is 17.7. The second-order valence-corrected chi connectivity index (χ2v) is 10.5. The Balaban J connectivity index is 3.14. The van der Waals surface area contributed by atoms with E-state index >= 15 is 0 Å². The van der Waals surface area contributed by atoms with E-state index in [1.54, 1.807) is 0 Å². The van der Waals surface area contributed by atoms with Gasteiger partial charge in [-0.1, -0.05) is 26.7 Å². The molecule has 0 rings (SSSR count). The van der Waals surface area contributed by atoms with Crippen molar-refractivity contribution in [2.45, 2.75) is 46.0 Å². The van der Waals surface area contributed by atoms with Crippen LogP contribution in [0.3, 0.4) is 0 Å². The van der Waals surface area contributed by atoms with Crippen molar-refractivity contribution in [1.29, 1.82) is 0 Å². The summed E-state index contributed by atoms with van der Waals surface area (Å²) in [4.78, 5) is 22.9. The van der Waals surface area contributed by atoms with Gasteiger partial charge in [0.2, 0.25) is 0 Å². The standard InChI is InChI=1S/C34H66O15/c1-4-6-7-32(5-2)34(36)49-31-30-48-29-28-47-27-26-46-25-24-45-23-22-44-21-20-43-19-18-42-17-16-41-15-14-40-13-12-39-11-10-38-9-8-33(35)37-3/h32H,4-31H2,1-3H3. The Morgan fingerprint density at radius 3 is 0.980 bits per heavy atom. The number of hydrogen-bond acceptors (Lipinski definition) is 15. The van der Waals surface area contributed by atoms with E-state index in [4.69, 9.17) is 56.8 Å². The minimum atomic E-state index is -0.288. The lowest BCUT2D eigenvalue weighted by Gasteiger charge is -2.13. The van der Waals surface area contributed by atoms with Crippen molar-refractivity contribution in [2.24, 2.45) is 5.92 Å². The number of esters is 2. The summed E-state index contributed by atoms with van der Waals surface area (Å²) in [5.41, 5.74) is 0. The minimum absolute atomic E-state index is 0.00742. The molecule has 0 saturated carbocycles. The molecule has 0 fully saturated rings. The maximum atomic E-state index is 12.0. The summed E-state index contributed by atoms with van der Waals surface area (Å²) in [5.74, 6) is -0.420. The SMILES string of the molecule is CCCCC(CC)C(=O)OCCOCCOCCOCCOCCOCCOCCOCCOCCOCCOCCOCCC(=O)OC. The molecular formula is C34H66O15. The average Bonchev–Trinajstić information content (AvgIpc) is 3.11. The van der Waals surface area contributed by atoms with Crippen LogP contribution in [0.1, 0.15) is 46.0 Å². The lowest BCUT2D eigenvalue weighted by atomic mass is 10.00. The Morgan fingerprint density at radius 2 is 0.714 bits per heavy atom. The second-order valence-electron chi connectivity index (χ2n) is 10.5. The van der Waals surface area contributed by atoms with Crippen molar-refractivity contribution in [2.75, 3.05) is 159 Å². The maximum absolute atomic E-state index is 12.0. The number of ether oxygens (including phenoxy) is 13. The van der Waals surface area contributed by atoms with Gasteiger partial charge in [0, 0.05) is 0 Å². The van der Waals surface area contributed by atoms with E-state index in [0.29, 0.717) is 145 Å². The van der Waals surface area contributed by atoms with Crippen LogP contribution in [0.25, 0.3) is 0 Å². The molecule has 0 aromatic carbocycles. The lowest BCUT2D eigenvalue weighted by molar-refractivity contribution is -0.150. The van der Waals surface area contributed by atoms with Gasteiger partial charge in [-0.2, -0.15) is 0 Å². The topological polar surface area (TPSA) is 154 Å². The van der Waals surface area contributed by atoms with Crippen LogP contribution in [0.15, 0.2) is 0 Å². The molecule has 0 aliphatic rings. The van der Waals surface area contributed by atoms with Gasteiger partial charge in [-0.05, 0) is 12.8 Å². The Kier molecular flexibility index (Phi) is 39.7. The van der Waals surface area contributed by atoms with Crippen molar-refractivity contribution in [1.82, 2.24) is 0 Å². The summed E-state index contributed by atoms with van der Waals surface area (Å²) in [7, 11) is 1.35. The van der Waals surface area contributed by atoms with E-state index in [-0.39, 0.29) is 30.9 Å². The molecular weight excluding hydrogens is 648 g/mol. The third-order valence-electron chi connectivity index (χ3n) is 6.60. The van der Waals surface area contributed by atoms with Crippen molar-refractivity contribution in [3.05, 3.63) is 0 Å². The van der Waals surface area contributed by atoms with Crippen molar-refractivity contribution in [3.8, 4) is 0 Å². The third kappa shape index (κ3) is 37.6. The molecule has 49 heavy (non-hydrogen) atoms. The first-order chi connectivity index (χ1) is 24.2. The van der Waals surface area contributed by atoms with Gasteiger partial charge in [-0.25, -0.2) is 0 Å². The molecule has 0 bridgehead atoms. The predicted octanol–water partition coefficient (Wildman–Crippen LogP) is 2.49. The van der Waals surface area contributed by atoms with Gasteiger partial charge in [-0.15, -0.1) is 0 Å². The van der Waals surface area contributed by atoms with Gasteiger partial charge in [0.1, 0.15) is 6.61 Å². The Morgan fingerprint density at radius 1 is 0.429 bits per heavy atom. The molecule has 15 heteroatoms. The molecule has 0 saturated heterocycles. The molecule has 0 heterocycles. The van der Waals surface area contributed by atoms with Crippen LogP contribution >= 0.6 is 0 Å². The van der Waals surface area contributed by atoms with E-state index < -0.39 is 0 Å². The Hall–Kier alpha value is -1.50. The van der Waals surface area contributed by atoms with Crippen molar-refractivity contribution < 1.29 is 71.2 Å². The number of carbonyl (C=O) groups excluding carboxylic acids is 2. The highest BCUT2D eigenvalue weighted by Crippen LogP contribution is 2.14. The van der Waals surface area contributed by atoms with E-state index in [9.17, 15) is 9.59 Å². The van der Waals surface area contributed by atoms with E-state index in [2.05, 4.69) is 11.7 Å². The smallest absolute Gasteiger partial charge is 0.308 e. The van der Waals surface area contributed by atoms with E-state index in [1.165, 1.54) is 7.11 Å². The normalized spacial score (nSPS) is 12.0. The monoisotopic (exact) mass is 714 g/mol. The Labute approximate surface area is 294 Å². The number of carbonyl (C=O) groups is 2. The van der Waals surface area contributed by atoms with Gasteiger partial charge < -0.3 is 61.6 Å². The highest BCUT2D eigenvalue weighted by molar-refractivity contribution is 5.72. The van der Waals surface area contributed by atoms with Crippen LogP contribution in [-0.2, 0) is 71.2 Å². The molecule has 0 amide bonds. The third-order valence-corrected chi connectivity index (χ3v) is 6.60. The van der Waals surface area contributed by atoms with Crippen LogP contribution in [0.5, 0.6) is 0 Å². The molecule has 0 aromatic heterocycles. The fourth-order valence-electron chi connectivity index (χ4n) is 3.82. The van der Waals surface area contributed by atoms with E-state index in [1.807, 2.05) is 6.92 Å². The molecule has 0 N–H and O–H groups in total. The van der Waals surface area contributed by atoms with Crippen LogP contribution in [-0.4, -0.2) is 171 Å². The highest BCUT2D eigenvalue weighted by atomic mass is 16.6. The summed E-state index contributed by atoms with van der Waals surface area (Å²) >= 11 is 0. The quantitative estimate of drug-likeness (QED) is 0.0673. The zero-order valence-electron chi connectivity index (χ0n) is 30.5. The zero-order valence-corrected chi connectivity index (χ0v) is 30.5. The molecule has 15 nitrogen and oxygen atoms in total. The van der Waals surface area contributed by atoms with Crippen molar-refractivity contribution in [3.63, 3.8) is 0 Å². The largest absolute Gasteiger partial charge is 0.469 e. The number of rotatable bonds is 41. The second kappa shape index (κ2) is 40.9. The fourth-order valence-corrected chi connectivity index (χ4v) is 3.82. The molecule has 1 unspecified atom stereocenters. The molecule has 0 aromatic rings. The average molecular weight is 715 g/mol. The van der Waals surface area contributed by atoms with E-state index in [0.717, 1.165) is 25.7 Å². The first-order valence-electron chi connectivity index (χ1n) is 17.7. The zero-order chi connectivity index (χ0) is 35.7. The van der Waals surface area contributed by atoms with Crippen LogP contribution < -0.4 is 0 Å². The van der Waals surface area contributed by atoms with Crippen LogP contribution in [0, 0.1) is 5.92 Å². The first kappa shape index (κ1) is 47.5. The van der Waals surface area contributed by atoms with Crippen LogP contribution in [0.2, 0.25) is 0 Å². The molecule has 0 aliphatic carbocycles. The van der Waals surface area contributed by atoms with Crippen molar-refractivity contribution >= 4 is 11.9 Å². The summed E-state index contributed by atoms with van der Waals surface area (Å²) in [6, 6.07) is 0. The maximum Gasteiger partial charge on any atom is 0.308 e. The van der Waals surface area contributed by atoms with Gasteiger partial charge in [0.25, 0.3) is 0 Å². The predicted molar refractivity (Wildman–Crippen MR) is 180 cm³/mol. The number of methoxy groups -OCH3 is 1. The summed E-state index contributed by atoms with van der Waals surface area (Å²) < 4.78 is 69.6.